The van der Waals surface area contributed by atoms with Crippen LogP contribution >= 0.6 is 27.7 Å². The van der Waals surface area contributed by atoms with Gasteiger partial charge in [0.1, 0.15) is 0 Å². The van der Waals surface area contributed by atoms with Crippen molar-refractivity contribution in [2.45, 2.75) is 0 Å². The third-order valence-electron chi connectivity index (χ3n) is 3.37. The molecule has 1 aromatic heterocycles. The summed E-state index contributed by atoms with van der Waals surface area (Å²) in [7, 11) is 0. The third kappa shape index (κ3) is 5.21. The van der Waals surface area contributed by atoms with Gasteiger partial charge in [0.25, 0.3) is 11.8 Å². The molecule has 1 aliphatic rings. The molecule has 1 aromatic carbocycles. The predicted molar refractivity (Wildman–Crippen MR) is 98.3 cm³/mol. The van der Waals surface area contributed by atoms with E-state index in [2.05, 4.69) is 35.2 Å². The van der Waals surface area contributed by atoms with Crippen molar-refractivity contribution < 1.29 is 14.3 Å². The summed E-state index contributed by atoms with van der Waals surface area (Å²) in [5.74, 6) is 0.646. The number of ether oxygens (including phenoxy) is 2. The number of rotatable bonds is 6. The Morgan fingerprint density at radius 1 is 1.36 bits per heavy atom. The smallest absolute Gasteiger partial charge is 0.278 e. The molecule has 3 rings (SSSR count). The van der Waals surface area contributed by atoms with E-state index in [9.17, 15) is 4.79 Å². The first-order valence-electron chi connectivity index (χ1n) is 7.58. The van der Waals surface area contributed by atoms with Crippen LogP contribution in [0, 0.1) is 0 Å². The van der Waals surface area contributed by atoms with Crippen LogP contribution in [0.2, 0.25) is 0 Å². The minimum atomic E-state index is -0.366. The molecule has 2 heterocycles. The Morgan fingerprint density at radius 2 is 2.12 bits per heavy atom. The number of hydrazone groups is 1. The van der Waals surface area contributed by atoms with Gasteiger partial charge in [-0.1, -0.05) is 28.1 Å². The molecule has 0 radical (unpaired) electrons. The highest BCUT2D eigenvalue weighted by Crippen LogP contribution is 2.26. The van der Waals surface area contributed by atoms with Gasteiger partial charge in [-0.2, -0.15) is 9.47 Å². The summed E-state index contributed by atoms with van der Waals surface area (Å²) >= 11 is 4.41. The number of benzene rings is 1. The van der Waals surface area contributed by atoms with E-state index >= 15 is 0 Å². The zero-order chi connectivity index (χ0) is 17.5. The maximum absolute atomic E-state index is 11.8. The highest BCUT2D eigenvalue weighted by atomic mass is 79.9. The summed E-state index contributed by atoms with van der Waals surface area (Å²) in [4.78, 5) is 13.9. The Hall–Kier alpha value is -2.04. The number of nitrogens with zero attached hydrogens (tertiary/aromatic N) is 4. The van der Waals surface area contributed by atoms with E-state index in [1.807, 2.05) is 29.2 Å². The van der Waals surface area contributed by atoms with E-state index in [0.29, 0.717) is 24.9 Å². The lowest BCUT2D eigenvalue weighted by molar-refractivity contribution is -0.123. The number of anilines is 1. The first-order chi connectivity index (χ1) is 12.2. The van der Waals surface area contributed by atoms with E-state index in [-0.39, 0.29) is 12.5 Å². The normalized spacial score (nSPS) is 14.7. The molecule has 8 nitrogen and oxygen atoms in total. The number of hydrogen-bond donors (Lipinski definition) is 1. The second-order valence-corrected chi connectivity index (χ2v) is 6.57. The van der Waals surface area contributed by atoms with Gasteiger partial charge in [-0.05, 0) is 17.7 Å². The highest BCUT2D eigenvalue weighted by molar-refractivity contribution is 9.10. The number of halogens is 1. The van der Waals surface area contributed by atoms with Crippen molar-refractivity contribution in [2.24, 2.45) is 5.10 Å². The summed E-state index contributed by atoms with van der Waals surface area (Å²) in [6.07, 6.45) is 1.56. The number of amides is 1. The van der Waals surface area contributed by atoms with Crippen molar-refractivity contribution in [3.63, 3.8) is 0 Å². The van der Waals surface area contributed by atoms with Crippen molar-refractivity contribution >= 4 is 45.6 Å². The van der Waals surface area contributed by atoms with Crippen LogP contribution in [0.1, 0.15) is 5.56 Å². The molecule has 1 fully saturated rings. The van der Waals surface area contributed by atoms with Gasteiger partial charge in [0.15, 0.2) is 6.61 Å². The lowest BCUT2D eigenvalue weighted by Crippen LogP contribution is -2.36. The SMILES string of the molecule is O=C(COc1nsnc1N1CCOCC1)N/N=C/c1ccc(Br)cc1. The predicted octanol–water partition coefficient (Wildman–Crippen LogP) is 1.67. The Kier molecular flexibility index (Phi) is 6.31. The molecule has 25 heavy (non-hydrogen) atoms. The second-order valence-electron chi connectivity index (χ2n) is 5.13. The van der Waals surface area contributed by atoms with Crippen LogP contribution in [0.3, 0.4) is 0 Å². The zero-order valence-electron chi connectivity index (χ0n) is 13.2. The van der Waals surface area contributed by atoms with Crippen LogP contribution in [-0.4, -0.2) is 53.8 Å². The molecule has 1 aliphatic heterocycles. The lowest BCUT2D eigenvalue weighted by Gasteiger charge is -2.26. The highest BCUT2D eigenvalue weighted by Gasteiger charge is 2.20. The minimum absolute atomic E-state index is 0.180. The molecule has 0 spiro atoms. The number of carbonyl (C=O) groups is 1. The maximum atomic E-state index is 11.8. The number of nitrogens with one attached hydrogen (secondary N) is 1. The summed E-state index contributed by atoms with van der Waals surface area (Å²) in [6, 6.07) is 7.56. The zero-order valence-corrected chi connectivity index (χ0v) is 15.6. The molecule has 1 saturated heterocycles. The third-order valence-corrected chi connectivity index (χ3v) is 4.40. The second kappa shape index (κ2) is 8.88. The van der Waals surface area contributed by atoms with Crippen LogP contribution in [0.4, 0.5) is 5.82 Å². The first-order valence-corrected chi connectivity index (χ1v) is 9.10. The first kappa shape index (κ1) is 17.8. The number of aromatic nitrogens is 2. The Balaban J connectivity index is 1.48. The van der Waals surface area contributed by atoms with Crippen molar-refractivity contribution in [1.82, 2.24) is 14.2 Å². The fourth-order valence-electron chi connectivity index (χ4n) is 2.13. The van der Waals surface area contributed by atoms with Gasteiger partial charge >= 0.3 is 0 Å². The topological polar surface area (TPSA) is 88.9 Å². The van der Waals surface area contributed by atoms with Gasteiger partial charge in [-0.3, -0.25) is 4.79 Å². The van der Waals surface area contributed by atoms with E-state index in [1.54, 1.807) is 6.21 Å². The summed E-state index contributed by atoms with van der Waals surface area (Å²) in [5, 5.41) is 3.90. The van der Waals surface area contributed by atoms with Crippen LogP contribution in [0.5, 0.6) is 5.88 Å². The minimum Gasteiger partial charge on any atom is -0.464 e. The Bertz CT molecular complexity index is 731. The van der Waals surface area contributed by atoms with E-state index in [0.717, 1.165) is 34.9 Å². The standard InChI is InChI=1S/C15H16BrN5O3S/c16-12-3-1-11(2-4-12)9-17-18-13(22)10-24-15-14(19-25-20-15)21-5-7-23-8-6-21/h1-4,9H,5-8,10H2,(H,18,22)/b17-9+. The van der Waals surface area contributed by atoms with Gasteiger partial charge in [0.2, 0.25) is 5.82 Å². The largest absolute Gasteiger partial charge is 0.464 e. The van der Waals surface area contributed by atoms with Crippen LogP contribution in [0.15, 0.2) is 33.8 Å². The van der Waals surface area contributed by atoms with Crippen molar-refractivity contribution in [3.05, 3.63) is 34.3 Å². The monoisotopic (exact) mass is 425 g/mol. The van der Waals surface area contributed by atoms with E-state index < -0.39 is 0 Å². The molecule has 10 heteroatoms. The quantitative estimate of drug-likeness (QED) is 0.559. The average Bonchev–Trinajstić information content (AvgIpc) is 3.11. The molecule has 0 saturated carbocycles. The lowest BCUT2D eigenvalue weighted by atomic mass is 10.2. The van der Waals surface area contributed by atoms with Crippen LogP contribution in [-0.2, 0) is 9.53 Å². The summed E-state index contributed by atoms with van der Waals surface area (Å²) in [6.45, 7) is 2.56. The summed E-state index contributed by atoms with van der Waals surface area (Å²) in [5.41, 5.74) is 3.30. The van der Waals surface area contributed by atoms with Gasteiger partial charge in [0, 0.05) is 17.6 Å². The molecule has 0 atom stereocenters. The van der Waals surface area contributed by atoms with Gasteiger partial charge in [-0.15, -0.1) is 4.37 Å². The Morgan fingerprint density at radius 3 is 2.88 bits per heavy atom. The van der Waals surface area contributed by atoms with Gasteiger partial charge in [-0.25, -0.2) is 5.43 Å². The number of hydrogen-bond acceptors (Lipinski definition) is 8. The molecule has 1 N–H and O–H groups in total. The Labute approximate surface area is 157 Å². The fraction of sp³-hybridized carbons (Fsp3) is 0.333. The van der Waals surface area contributed by atoms with Gasteiger partial charge in [0.05, 0.1) is 31.2 Å². The molecule has 0 unspecified atom stereocenters. The fourth-order valence-corrected chi connectivity index (χ4v) is 2.91. The van der Waals surface area contributed by atoms with Gasteiger partial charge < -0.3 is 14.4 Å². The summed E-state index contributed by atoms with van der Waals surface area (Å²) < 4.78 is 20.1. The molecule has 2 aromatic rings. The van der Waals surface area contributed by atoms with Crippen molar-refractivity contribution in [3.8, 4) is 5.88 Å². The van der Waals surface area contributed by atoms with Crippen molar-refractivity contribution in [1.29, 1.82) is 0 Å². The molecule has 1 amide bonds. The molecule has 0 bridgehead atoms. The van der Waals surface area contributed by atoms with Crippen LogP contribution < -0.4 is 15.1 Å². The molecular weight excluding hydrogens is 410 g/mol. The number of morpholine rings is 1. The van der Waals surface area contributed by atoms with E-state index in [1.165, 1.54) is 0 Å². The van der Waals surface area contributed by atoms with Crippen molar-refractivity contribution in [2.75, 3.05) is 37.8 Å². The molecular formula is C15H16BrN5O3S. The number of carbonyl (C=O) groups excluding carboxylic acids is 1. The van der Waals surface area contributed by atoms with E-state index in [4.69, 9.17) is 9.47 Å². The maximum Gasteiger partial charge on any atom is 0.278 e. The average molecular weight is 426 g/mol. The molecule has 132 valence electrons. The van der Waals surface area contributed by atoms with Crippen LogP contribution in [0.25, 0.3) is 0 Å². The molecule has 0 aliphatic carbocycles.